The molecule has 0 radical (unpaired) electrons. The fourth-order valence-corrected chi connectivity index (χ4v) is 3.43. The Hall–Kier alpha value is -1.89. The lowest BCUT2D eigenvalue weighted by molar-refractivity contribution is 0.0745. The standard InChI is InChI=1S/C15H20N4O2S/c1-4-13-16-15(22-17-13)19-7-5-18(6-8-19)14(20)12-9-10(2)21-11(12)3/h9H,4-8H2,1-3H3. The van der Waals surface area contributed by atoms with Crippen LogP contribution in [-0.2, 0) is 6.42 Å². The zero-order valence-corrected chi connectivity index (χ0v) is 13.9. The number of carbonyl (C=O) groups is 1. The van der Waals surface area contributed by atoms with Gasteiger partial charge in [-0.05, 0) is 19.9 Å². The maximum Gasteiger partial charge on any atom is 0.257 e. The number of amides is 1. The van der Waals surface area contributed by atoms with Crippen molar-refractivity contribution in [2.45, 2.75) is 27.2 Å². The fourth-order valence-electron chi connectivity index (χ4n) is 2.63. The van der Waals surface area contributed by atoms with E-state index in [2.05, 4.69) is 21.2 Å². The number of aromatic nitrogens is 2. The summed E-state index contributed by atoms with van der Waals surface area (Å²) in [6, 6.07) is 1.82. The van der Waals surface area contributed by atoms with Gasteiger partial charge in [0.05, 0.1) is 5.56 Å². The summed E-state index contributed by atoms with van der Waals surface area (Å²) in [6.07, 6.45) is 0.855. The second-order valence-corrected chi connectivity index (χ2v) is 6.18. The van der Waals surface area contributed by atoms with Gasteiger partial charge in [-0.25, -0.2) is 4.98 Å². The van der Waals surface area contributed by atoms with Gasteiger partial charge in [0, 0.05) is 44.1 Å². The first-order chi connectivity index (χ1) is 10.6. The summed E-state index contributed by atoms with van der Waals surface area (Å²) in [6.45, 7) is 8.73. The van der Waals surface area contributed by atoms with Crippen LogP contribution in [0.2, 0.25) is 0 Å². The number of carbonyl (C=O) groups excluding carboxylic acids is 1. The number of anilines is 1. The van der Waals surface area contributed by atoms with E-state index in [0.29, 0.717) is 24.4 Å². The van der Waals surface area contributed by atoms with E-state index < -0.39 is 0 Å². The third-order valence-corrected chi connectivity index (χ3v) is 4.70. The van der Waals surface area contributed by atoms with Crippen LogP contribution < -0.4 is 4.90 Å². The van der Waals surface area contributed by atoms with Crippen LogP contribution in [0.3, 0.4) is 0 Å². The number of hydrogen-bond acceptors (Lipinski definition) is 6. The number of furan rings is 1. The molecule has 3 rings (SSSR count). The molecule has 0 spiro atoms. The van der Waals surface area contributed by atoms with Crippen LogP contribution >= 0.6 is 11.5 Å². The van der Waals surface area contributed by atoms with E-state index in [-0.39, 0.29) is 5.91 Å². The van der Waals surface area contributed by atoms with Gasteiger partial charge in [-0.3, -0.25) is 4.79 Å². The zero-order chi connectivity index (χ0) is 15.7. The normalized spacial score (nSPS) is 15.4. The molecule has 6 nitrogen and oxygen atoms in total. The summed E-state index contributed by atoms with van der Waals surface area (Å²) in [5.74, 6) is 2.42. The Balaban J connectivity index is 1.64. The monoisotopic (exact) mass is 320 g/mol. The molecule has 118 valence electrons. The Bertz CT molecular complexity index is 671. The lowest BCUT2D eigenvalue weighted by atomic mass is 10.2. The van der Waals surface area contributed by atoms with Gasteiger partial charge in [-0.1, -0.05) is 6.92 Å². The first kappa shape index (κ1) is 15.0. The highest BCUT2D eigenvalue weighted by Crippen LogP contribution is 2.21. The van der Waals surface area contributed by atoms with Crippen molar-refractivity contribution in [3.8, 4) is 0 Å². The van der Waals surface area contributed by atoms with Gasteiger partial charge in [0.15, 0.2) is 0 Å². The topological polar surface area (TPSA) is 62.5 Å². The number of rotatable bonds is 3. The van der Waals surface area contributed by atoms with Crippen molar-refractivity contribution in [2.24, 2.45) is 0 Å². The van der Waals surface area contributed by atoms with E-state index >= 15 is 0 Å². The smallest absolute Gasteiger partial charge is 0.257 e. The Morgan fingerprint density at radius 2 is 2.05 bits per heavy atom. The Labute approximate surface area is 133 Å². The maximum atomic E-state index is 12.5. The Morgan fingerprint density at radius 3 is 2.59 bits per heavy atom. The number of nitrogens with zero attached hydrogens (tertiary/aromatic N) is 4. The summed E-state index contributed by atoms with van der Waals surface area (Å²) < 4.78 is 9.78. The first-order valence-corrected chi connectivity index (χ1v) is 8.29. The maximum absolute atomic E-state index is 12.5. The lowest BCUT2D eigenvalue weighted by Crippen LogP contribution is -2.48. The highest BCUT2D eigenvalue weighted by Gasteiger charge is 2.26. The molecule has 7 heteroatoms. The Morgan fingerprint density at radius 1 is 1.32 bits per heavy atom. The van der Waals surface area contributed by atoms with Crippen LogP contribution in [0.15, 0.2) is 10.5 Å². The van der Waals surface area contributed by atoms with Crippen molar-refractivity contribution in [1.82, 2.24) is 14.3 Å². The van der Waals surface area contributed by atoms with Crippen LogP contribution in [0.1, 0.15) is 34.6 Å². The molecule has 1 aliphatic rings. The summed E-state index contributed by atoms with van der Waals surface area (Å²) in [4.78, 5) is 21.1. The van der Waals surface area contributed by atoms with Gasteiger partial charge in [0.1, 0.15) is 17.3 Å². The largest absolute Gasteiger partial charge is 0.466 e. The van der Waals surface area contributed by atoms with Gasteiger partial charge in [0.2, 0.25) is 5.13 Å². The molecule has 2 aromatic rings. The predicted octanol–water partition coefficient (Wildman–Crippen LogP) is 2.27. The van der Waals surface area contributed by atoms with Gasteiger partial charge in [-0.2, -0.15) is 4.37 Å². The van der Waals surface area contributed by atoms with Crippen LogP contribution in [0.25, 0.3) is 0 Å². The molecule has 0 saturated carbocycles. The van der Waals surface area contributed by atoms with Crippen molar-refractivity contribution >= 4 is 22.6 Å². The van der Waals surface area contributed by atoms with Crippen molar-refractivity contribution in [3.05, 3.63) is 29.0 Å². The van der Waals surface area contributed by atoms with E-state index in [0.717, 1.165) is 36.2 Å². The highest BCUT2D eigenvalue weighted by atomic mass is 32.1. The molecule has 1 saturated heterocycles. The number of aryl methyl sites for hydroxylation is 3. The second-order valence-electron chi connectivity index (χ2n) is 5.45. The van der Waals surface area contributed by atoms with E-state index in [1.165, 1.54) is 11.5 Å². The molecular formula is C15H20N4O2S. The van der Waals surface area contributed by atoms with Crippen molar-refractivity contribution in [2.75, 3.05) is 31.1 Å². The molecule has 0 unspecified atom stereocenters. The minimum absolute atomic E-state index is 0.0560. The third-order valence-electron chi connectivity index (χ3n) is 3.88. The molecule has 0 N–H and O–H groups in total. The minimum atomic E-state index is 0.0560. The molecule has 2 aromatic heterocycles. The molecule has 3 heterocycles. The second kappa shape index (κ2) is 6.08. The number of piperazine rings is 1. The Kier molecular flexibility index (Phi) is 4.15. The average Bonchev–Trinajstić information content (AvgIpc) is 3.13. The van der Waals surface area contributed by atoms with Gasteiger partial charge < -0.3 is 14.2 Å². The molecule has 1 amide bonds. The lowest BCUT2D eigenvalue weighted by Gasteiger charge is -2.34. The molecule has 22 heavy (non-hydrogen) atoms. The van der Waals surface area contributed by atoms with Crippen molar-refractivity contribution in [1.29, 1.82) is 0 Å². The van der Waals surface area contributed by atoms with Crippen molar-refractivity contribution in [3.63, 3.8) is 0 Å². The molecule has 0 aliphatic carbocycles. The minimum Gasteiger partial charge on any atom is -0.466 e. The van der Waals surface area contributed by atoms with Crippen LogP contribution in [0.4, 0.5) is 5.13 Å². The SMILES string of the molecule is CCc1nsc(N2CCN(C(=O)c3cc(C)oc3C)CC2)n1. The van der Waals surface area contributed by atoms with Gasteiger partial charge in [0.25, 0.3) is 5.91 Å². The summed E-state index contributed by atoms with van der Waals surface area (Å²) in [7, 11) is 0. The van der Waals surface area contributed by atoms with E-state index in [1.807, 2.05) is 24.8 Å². The van der Waals surface area contributed by atoms with E-state index in [9.17, 15) is 4.79 Å². The molecule has 1 aliphatic heterocycles. The summed E-state index contributed by atoms with van der Waals surface area (Å²) >= 11 is 1.44. The van der Waals surface area contributed by atoms with Crippen molar-refractivity contribution < 1.29 is 9.21 Å². The number of hydrogen-bond donors (Lipinski definition) is 0. The quantitative estimate of drug-likeness (QED) is 0.868. The summed E-state index contributed by atoms with van der Waals surface area (Å²) in [5.41, 5.74) is 0.676. The average molecular weight is 320 g/mol. The van der Waals surface area contributed by atoms with Gasteiger partial charge >= 0.3 is 0 Å². The molecule has 0 aromatic carbocycles. The fraction of sp³-hybridized carbons (Fsp3) is 0.533. The van der Waals surface area contributed by atoms with E-state index in [4.69, 9.17) is 4.42 Å². The molecular weight excluding hydrogens is 300 g/mol. The zero-order valence-electron chi connectivity index (χ0n) is 13.1. The van der Waals surface area contributed by atoms with Crippen LogP contribution in [0.5, 0.6) is 0 Å². The van der Waals surface area contributed by atoms with E-state index in [1.54, 1.807) is 0 Å². The van der Waals surface area contributed by atoms with Crippen LogP contribution in [0, 0.1) is 13.8 Å². The third kappa shape index (κ3) is 2.85. The van der Waals surface area contributed by atoms with Gasteiger partial charge in [-0.15, -0.1) is 0 Å². The van der Waals surface area contributed by atoms with Crippen LogP contribution in [-0.4, -0.2) is 46.3 Å². The molecule has 0 bridgehead atoms. The highest BCUT2D eigenvalue weighted by molar-refractivity contribution is 7.09. The molecule has 1 fully saturated rings. The molecule has 0 atom stereocenters. The predicted molar refractivity (Wildman–Crippen MR) is 85.6 cm³/mol. The first-order valence-electron chi connectivity index (χ1n) is 7.52. The summed E-state index contributed by atoms with van der Waals surface area (Å²) in [5, 5.41) is 0.958.